The Morgan fingerprint density at radius 2 is 1.53 bits per heavy atom. The highest BCUT2D eigenvalue weighted by molar-refractivity contribution is 6.32. The first-order valence-electron chi connectivity index (χ1n) is 13.1. The number of carbonyl (C=O) groups is 2. The zero-order valence-corrected chi connectivity index (χ0v) is 21.7. The molecule has 2 heterocycles. The molecule has 1 aromatic heterocycles. The lowest BCUT2D eigenvalue weighted by Gasteiger charge is -2.35. The van der Waals surface area contributed by atoms with Gasteiger partial charge in [-0.2, -0.15) is 0 Å². The number of amides is 2. The van der Waals surface area contributed by atoms with Gasteiger partial charge in [-0.3, -0.25) is 9.59 Å². The summed E-state index contributed by atoms with van der Waals surface area (Å²) in [6.45, 7) is 4.30. The van der Waals surface area contributed by atoms with Crippen LogP contribution in [0.3, 0.4) is 0 Å². The molecular formula is C30H34ClN3O2. The first-order valence-corrected chi connectivity index (χ1v) is 13.5. The van der Waals surface area contributed by atoms with Crippen LogP contribution in [0.4, 0.5) is 0 Å². The predicted octanol–water partition coefficient (Wildman–Crippen LogP) is 6.36. The highest BCUT2D eigenvalue weighted by Gasteiger charge is 2.28. The summed E-state index contributed by atoms with van der Waals surface area (Å²) in [4.78, 5) is 30.3. The van der Waals surface area contributed by atoms with Crippen LogP contribution in [0.1, 0.15) is 54.6 Å². The van der Waals surface area contributed by atoms with E-state index < -0.39 is 0 Å². The van der Waals surface area contributed by atoms with E-state index in [1.807, 2.05) is 77.4 Å². The molecule has 6 heteroatoms. The van der Waals surface area contributed by atoms with E-state index in [1.165, 1.54) is 25.7 Å². The summed E-state index contributed by atoms with van der Waals surface area (Å²) in [5, 5.41) is 0.636. The number of hydrogen-bond acceptors (Lipinski definition) is 2. The van der Waals surface area contributed by atoms with Gasteiger partial charge in [-0.25, -0.2) is 0 Å². The van der Waals surface area contributed by atoms with Crippen LogP contribution in [0.5, 0.6) is 0 Å². The Kier molecular flexibility index (Phi) is 7.47. The maximum atomic E-state index is 13.7. The molecule has 0 N–H and O–H groups in total. The van der Waals surface area contributed by atoms with Crippen molar-refractivity contribution in [2.45, 2.75) is 45.4 Å². The SMILES string of the molecule is Cc1c(C(=O)N2CCN(C(=O)CCC3CCCC3)CC2)cc(-c2ccccc2)n1-c1ccccc1Cl. The lowest BCUT2D eigenvalue weighted by Crippen LogP contribution is -2.50. The maximum Gasteiger partial charge on any atom is 0.255 e. The van der Waals surface area contributed by atoms with E-state index in [-0.39, 0.29) is 11.8 Å². The molecule has 2 fully saturated rings. The number of benzene rings is 2. The minimum atomic E-state index is 0.00791. The molecule has 0 atom stereocenters. The number of halogens is 1. The van der Waals surface area contributed by atoms with Crippen LogP contribution in [-0.2, 0) is 4.79 Å². The summed E-state index contributed by atoms with van der Waals surface area (Å²) in [5.41, 5.74) is 4.35. The zero-order valence-electron chi connectivity index (χ0n) is 21.0. The van der Waals surface area contributed by atoms with Crippen LogP contribution < -0.4 is 0 Å². The van der Waals surface area contributed by atoms with Crippen LogP contribution in [0, 0.1) is 12.8 Å². The third kappa shape index (κ3) is 5.08. The quantitative estimate of drug-likeness (QED) is 0.393. The van der Waals surface area contributed by atoms with Crippen LogP contribution in [0.2, 0.25) is 5.02 Å². The molecule has 0 bridgehead atoms. The van der Waals surface area contributed by atoms with Crippen LogP contribution in [0.15, 0.2) is 60.7 Å². The summed E-state index contributed by atoms with van der Waals surface area (Å²) in [6.07, 6.45) is 6.81. The topological polar surface area (TPSA) is 45.6 Å². The molecule has 1 saturated carbocycles. The molecule has 36 heavy (non-hydrogen) atoms. The minimum absolute atomic E-state index is 0.00791. The number of piperazine rings is 1. The van der Waals surface area contributed by atoms with E-state index in [4.69, 9.17) is 11.6 Å². The predicted molar refractivity (Wildman–Crippen MR) is 145 cm³/mol. The lowest BCUT2D eigenvalue weighted by molar-refractivity contribution is -0.133. The summed E-state index contributed by atoms with van der Waals surface area (Å²) in [7, 11) is 0. The van der Waals surface area contributed by atoms with Gasteiger partial charge in [0.2, 0.25) is 5.91 Å². The number of aromatic nitrogens is 1. The van der Waals surface area contributed by atoms with Crippen molar-refractivity contribution in [3.05, 3.63) is 76.9 Å². The van der Waals surface area contributed by atoms with Gasteiger partial charge in [0.1, 0.15) is 0 Å². The Hall–Kier alpha value is -3.05. The van der Waals surface area contributed by atoms with Crippen molar-refractivity contribution in [1.82, 2.24) is 14.4 Å². The van der Waals surface area contributed by atoms with Gasteiger partial charge < -0.3 is 14.4 Å². The summed E-state index contributed by atoms with van der Waals surface area (Å²) in [6, 6.07) is 19.8. The van der Waals surface area contributed by atoms with E-state index in [1.54, 1.807) is 0 Å². The molecule has 0 radical (unpaired) electrons. The third-order valence-corrected chi connectivity index (χ3v) is 8.12. The zero-order chi connectivity index (χ0) is 25.1. The van der Waals surface area contributed by atoms with Gasteiger partial charge in [0.15, 0.2) is 0 Å². The fourth-order valence-corrected chi connectivity index (χ4v) is 5.92. The normalized spacial score (nSPS) is 16.5. The fraction of sp³-hybridized carbons (Fsp3) is 0.400. The van der Waals surface area contributed by atoms with Crippen LogP contribution >= 0.6 is 11.6 Å². The van der Waals surface area contributed by atoms with E-state index in [9.17, 15) is 9.59 Å². The van der Waals surface area contributed by atoms with Crippen molar-refractivity contribution < 1.29 is 9.59 Å². The molecule has 3 aromatic rings. The lowest BCUT2D eigenvalue weighted by atomic mass is 10.0. The Bertz CT molecular complexity index is 1220. The molecule has 2 aromatic carbocycles. The Balaban J connectivity index is 1.33. The van der Waals surface area contributed by atoms with Crippen molar-refractivity contribution in [3.8, 4) is 16.9 Å². The molecule has 5 nitrogen and oxygen atoms in total. The van der Waals surface area contributed by atoms with Crippen molar-refractivity contribution in [2.24, 2.45) is 5.92 Å². The van der Waals surface area contributed by atoms with Crippen LogP contribution in [-0.4, -0.2) is 52.4 Å². The molecule has 188 valence electrons. The molecule has 1 aliphatic carbocycles. The van der Waals surface area contributed by atoms with Gasteiger partial charge in [-0.1, -0.05) is 79.7 Å². The van der Waals surface area contributed by atoms with E-state index in [0.717, 1.165) is 35.0 Å². The first kappa shape index (κ1) is 24.6. The van der Waals surface area contributed by atoms with Gasteiger partial charge in [0.05, 0.1) is 22.0 Å². The van der Waals surface area contributed by atoms with Gasteiger partial charge >= 0.3 is 0 Å². The van der Waals surface area contributed by atoms with E-state index in [0.29, 0.717) is 43.2 Å². The number of rotatable bonds is 6. The summed E-state index contributed by atoms with van der Waals surface area (Å²) in [5.74, 6) is 0.968. The van der Waals surface area contributed by atoms with Crippen molar-refractivity contribution in [1.29, 1.82) is 0 Å². The van der Waals surface area contributed by atoms with Gasteiger partial charge in [0.25, 0.3) is 5.91 Å². The Morgan fingerprint density at radius 3 is 2.22 bits per heavy atom. The largest absolute Gasteiger partial charge is 0.339 e. The average molecular weight is 504 g/mol. The van der Waals surface area contributed by atoms with Gasteiger partial charge in [-0.15, -0.1) is 0 Å². The smallest absolute Gasteiger partial charge is 0.255 e. The first-order chi connectivity index (χ1) is 17.5. The highest BCUT2D eigenvalue weighted by Crippen LogP contribution is 2.33. The minimum Gasteiger partial charge on any atom is -0.339 e. The second-order valence-corrected chi connectivity index (χ2v) is 10.5. The third-order valence-electron chi connectivity index (χ3n) is 7.80. The fourth-order valence-electron chi connectivity index (χ4n) is 5.70. The molecule has 2 amide bonds. The molecule has 1 aliphatic heterocycles. The van der Waals surface area contributed by atoms with Crippen molar-refractivity contribution in [3.63, 3.8) is 0 Å². The van der Waals surface area contributed by atoms with E-state index in [2.05, 4.69) is 4.57 Å². The van der Waals surface area contributed by atoms with Crippen LogP contribution in [0.25, 0.3) is 16.9 Å². The van der Waals surface area contributed by atoms with Crippen molar-refractivity contribution in [2.75, 3.05) is 26.2 Å². The monoisotopic (exact) mass is 503 g/mol. The molecule has 5 rings (SSSR count). The van der Waals surface area contributed by atoms with Gasteiger partial charge in [0, 0.05) is 38.3 Å². The Labute approximate surface area is 218 Å². The summed E-state index contributed by atoms with van der Waals surface area (Å²) < 4.78 is 2.08. The van der Waals surface area contributed by atoms with Gasteiger partial charge in [-0.05, 0) is 43.0 Å². The second-order valence-electron chi connectivity index (χ2n) is 10.0. The highest BCUT2D eigenvalue weighted by atomic mass is 35.5. The van der Waals surface area contributed by atoms with Crippen molar-refractivity contribution >= 4 is 23.4 Å². The maximum absolute atomic E-state index is 13.7. The standard InChI is InChI=1S/C30H34ClN3O2/c1-22-25(21-28(24-11-3-2-4-12-24)34(22)27-14-8-7-13-26(27)31)30(36)33-19-17-32(18-20-33)29(35)16-15-23-9-5-6-10-23/h2-4,7-8,11-14,21,23H,5-6,9-10,15-20H2,1H3. The average Bonchev–Trinajstić information content (AvgIpc) is 3.56. The van der Waals surface area contributed by atoms with E-state index >= 15 is 0 Å². The molecule has 0 unspecified atom stereocenters. The summed E-state index contributed by atoms with van der Waals surface area (Å²) >= 11 is 6.59. The molecule has 1 saturated heterocycles. The number of hydrogen-bond donors (Lipinski definition) is 0. The number of para-hydroxylation sites is 1. The molecule has 2 aliphatic rings. The molecular weight excluding hydrogens is 470 g/mol. The Morgan fingerprint density at radius 1 is 0.889 bits per heavy atom. The number of nitrogens with zero attached hydrogens (tertiary/aromatic N) is 3. The molecule has 0 spiro atoms. The second kappa shape index (κ2) is 10.9. The number of carbonyl (C=O) groups excluding carboxylic acids is 2.